The van der Waals surface area contributed by atoms with Gasteiger partial charge in [0.2, 0.25) is 0 Å². The number of benzene rings is 1. The van der Waals surface area contributed by atoms with Crippen LogP contribution >= 0.6 is 11.6 Å². The molecule has 0 aliphatic rings. The number of halogens is 1. The first-order valence-electron chi connectivity index (χ1n) is 5.29. The van der Waals surface area contributed by atoms with E-state index in [-0.39, 0.29) is 0 Å². The molecule has 3 heteroatoms. The molecule has 0 saturated heterocycles. The van der Waals surface area contributed by atoms with E-state index in [2.05, 4.69) is 12.1 Å². The van der Waals surface area contributed by atoms with Crippen molar-refractivity contribution in [2.45, 2.75) is 33.1 Å². The predicted octanol–water partition coefficient (Wildman–Crippen LogP) is 3.40. The quantitative estimate of drug-likeness (QED) is 0.802. The fourth-order valence-electron chi connectivity index (χ4n) is 1.83. The van der Waals surface area contributed by atoms with Crippen LogP contribution in [0.2, 0.25) is 5.02 Å². The molecule has 0 amide bonds. The molecule has 1 aromatic carbocycles. The van der Waals surface area contributed by atoms with E-state index in [0.29, 0.717) is 17.0 Å². The van der Waals surface area contributed by atoms with Gasteiger partial charge in [0, 0.05) is 0 Å². The summed E-state index contributed by atoms with van der Waals surface area (Å²) in [5, 5.41) is 18.4. The zero-order valence-corrected chi connectivity index (χ0v) is 10.2. The Labute approximate surface area is 101 Å². The van der Waals surface area contributed by atoms with Gasteiger partial charge >= 0.3 is 0 Å². The summed E-state index contributed by atoms with van der Waals surface area (Å²) < 4.78 is 0. The summed E-state index contributed by atoms with van der Waals surface area (Å²) in [7, 11) is 0. The second-order valence-corrected chi connectivity index (χ2v) is 3.89. The lowest BCUT2D eigenvalue weighted by atomic mass is 9.94. The van der Waals surface area contributed by atoms with Crippen molar-refractivity contribution >= 4 is 11.6 Å². The Kier molecular flexibility index (Phi) is 4.35. The Bertz CT molecular complexity index is 478. The maximum absolute atomic E-state index is 9.07. The van der Waals surface area contributed by atoms with Crippen LogP contribution in [0.15, 0.2) is 6.07 Å². The predicted molar refractivity (Wildman–Crippen MR) is 64.2 cm³/mol. The van der Waals surface area contributed by atoms with Crippen molar-refractivity contribution in [1.82, 2.24) is 0 Å². The van der Waals surface area contributed by atoms with Gasteiger partial charge in [-0.05, 0) is 29.5 Å². The van der Waals surface area contributed by atoms with Crippen LogP contribution in [-0.4, -0.2) is 0 Å². The van der Waals surface area contributed by atoms with Gasteiger partial charge in [0.05, 0.1) is 23.1 Å². The van der Waals surface area contributed by atoms with Crippen LogP contribution in [0, 0.1) is 22.7 Å². The molecule has 0 atom stereocenters. The molecule has 0 N–H and O–H groups in total. The third-order valence-electron chi connectivity index (χ3n) is 2.66. The topological polar surface area (TPSA) is 47.6 Å². The second kappa shape index (κ2) is 5.54. The van der Waals surface area contributed by atoms with Gasteiger partial charge in [-0.3, -0.25) is 0 Å². The lowest BCUT2D eigenvalue weighted by Crippen LogP contribution is -2.00. The molecule has 0 saturated carbocycles. The highest BCUT2D eigenvalue weighted by atomic mass is 35.5. The smallest absolute Gasteiger partial charge is 0.101 e. The molecule has 0 spiro atoms. The van der Waals surface area contributed by atoms with Crippen LogP contribution in [0.25, 0.3) is 0 Å². The van der Waals surface area contributed by atoms with Crippen LogP contribution in [0.5, 0.6) is 0 Å². The first-order valence-corrected chi connectivity index (χ1v) is 5.67. The molecule has 0 fully saturated rings. The van der Waals surface area contributed by atoms with E-state index in [9.17, 15) is 0 Å². The minimum atomic E-state index is 0.349. The summed E-state index contributed by atoms with van der Waals surface area (Å²) in [6, 6.07) is 6.21. The van der Waals surface area contributed by atoms with Gasteiger partial charge in [0.15, 0.2) is 0 Å². The first kappa shape index (κ1) is 12.6. The van der Waals surface area contributed by atoms with Crippen LogP contribution in [-0.2, 0) is 19.3 Å². The molecule has 1 rings (SSSR count). The molecule has 0 aliphatic heterocycles. The maximum atomic E-state index is 9.07. The van der Waals surface area contributed by atoms with Gasteiger partial charge in [-0.1, -0.05) is 31.5 Å². The average molecular weight is 233 g/mol. The van der Waals surface area contributed by atoms with Gasteiger partial charge in [-0.25, -0.2) is 0 Å². The summed E-state index contributed by atoms with van der Waals surface area (Å²) in [5.74, 6) is 0. The minimum absolute atomic E-state index is 0.349. The Morgan fingerprint density at radius 1 is 1.19 bits per heavy atom. The molecule has 0 bridgehead atoms. The second-order valence-electron chi connectivity index (χ2n) is 3.52. The third kappa shape index (κ3) is 2.18. The lowest BCUT2D eigenvalue weighted by molar-refractivity contribution is 1.04. The van der Waals surface area contributed by atoms with Gasteiger partial charge in [0.1, 0.15) is 6.07 Å². The van der Waals surface area contributed by atoms with Crippen molar-refractivity contribution in [1.29, 1.82) is 10.5 Å². The zero-order valence-electron chi connectivity index (χ0n) is 9.47. The van der Waals surface area contributed by atoms with Gasteiger partial charge < -0.3 is 0 Å². The molecule has 0 aliphatic carbocycles. The van der Waals surface area contributed by atoms with E-state index in [1.54, 1.807) is 0 Å². The van der Waals surface area contributed by atoms with E-state index in [1.807, 2.05) is 19.9 Å². The largest absolute Gasteiger partial charge is 0.198 e. The van der Waals surface area contributed by atoms with Gasteiger partial charge in [-0.2, -0.15) is 10.5 Å². The first-order chi connectivity index (χ1) is 7.69. The fraction of sp³-hybridized carbons (Fsp3) is 0.385. The summed E-state index contributed by atoms with van der Waals surface area (Å²) in [5.41, 5.74) is 3.36. The Balaban J connectivity index is 3.50. The number of hydrogen-bond donors (Lipinski definition) is 0. The number of hydrogen-bond acceptors (Lipinski definition) is 2. The number of nitrogens with zero attached hydrogens (tertiary/aromatic N) is 2. The lowest BCUT2D eigenvalue weighted by Gasteiger charge is -2.12. The van der Waals surface area contributed by atoms with Gasteiger partial charge in [0.25, 0.3) is 0 Å². The number of nitriles is 2. The van der Waals surface area contributed by atoms with Crippen LogP contribution < -0.4 is 0 Å². The maximum Gasteiger partial charge on any atom is 0.101 e. The Morgan fingerprint density at radius 2 is 1.88 bits per heavy atom. The third-order valence-corrected chi connectivity index (χ3v) is 3.07. The summed E-state index contributed by atoms with van der Waals surface area (Å²) >= 11 is 6.20. The highest BCUT2D eigenvalue weighted by molar-refractivity contribution is 6.32. The van der Waals surface area contributed by atoms with Crippen molar-refractivity contribution in [3.63, 3.8) is 0 Å². The van der Waals surface area contributed by atoms with Crippen molar-refractivity contribution in [2.24, 2.45) is 0 Å². The summed E-state index contributed by atoms with van der Waals surface area (Å²) in [6.07, 6.45) is 1.85. The molecule has 0 aromatic heterocycles. The van der Waals surface area contributed by atoms with Crippen molar-refractivity contribution in [3.05, 3.63) is 33.3 Å². The fourth-order valence-corrected chi connectivity index (χ4v) is 2.25. The standard InChI is InChI=1S/C13H13ClN2/c1-3-9-7-10(5-6-15)11(4-2)13(14)12(9)8-16/h7H,3-5H2,1-2H3. The molecular formula is C13H13ClN2. The zero-order chi connectivity index (χ0) is 12.1. The summed E-state index contributed by atoms with van der Waals surface area (Å²) in [6.45, 7) is 3.96. The molecule has 0 unspecified atom stereocenters. The van der Waals surface area contributed by atoms with E-state index in [4.69, 9.17) is 22.1 Å². The van der Waals surface area contributed by atoms with E-state index in [1.165, 1.54) is 0 Å². The van der Waals surface area contributed by atoms with Crippen molar-refractivity contribution in [3.8, 4) is 12.1 Å². The molecule has 1 aromatic rings. The van der Waals surface area contributed by atoms with Gasteiger partial charge in [-0.15, -0.1) is 0 Å². The molecule has 82 valence electrons. The molecule has 0 heterocycles. The van der Waals surface area contributed by atoms with Crippen LogP contribution in [0.4, 0.5) is 0 Å². The molecule has 0 radical (unpaired) electrons. The Morgan fingerprint density at radius 3 is 2.31 bits per heavy atom. The highest BCUT2D eigenvalue weighted by Gasteiger charge is 2.14. The number of rotatable bonds is 3. The normalized spacial score (nSPS) is 9.56. The van der Waals surface area contributed by atoms with Crippen LogP contribution in [0.3, 0.4) is 0 Å². The van der Waals surface area contributed by atoms with Crippen LogP contribution in [0.1, 0.15) is 36.1 Å². The van der Waals surface area contributed by atoms with E-state index in [0.717, 1.165) is 29.5 Å². The van der Waals surface area contributed by atoms with E-state index < -0.39 is 0 Å². The average Bonchev–Trinajstić information content (AvgIpc) is 2.29. The Hall–Kier alpha value is -1.51. The monoisotopic (exact) mass is 232 g/mol. The SMILES string of the molecule is CCc1cc(CC#N)c(CC)c(Cl)c1C#N. The van der Waals surface area contributed by atoms with Crippen molar-refractivity contribution in [2.75, 3.05) is 0 Å². The van der Waals surface area contributed by atoms with E-state index >= 15 is 0 Å². The molecule has 2 nitrogen and oxygen atoms in total. The number of aryl methyl sites for hydroxylation is 1. The molecular weight excluding hydrogens is 220 g/mol. The highest BCUT2D eigenvalue weighted by Crippen LogP contribution is 2.29. The molecule has 16 heavy (non-hydrogen) atoms. The minimum Gasteiger partial charge on any atom is -0.198 e. The summed E-state index contributed by atoms with van der Waals surface area (Å²) in [4.78, 5) is 0. The van der Waals surface area contributed by atoms with Crippen molar-refractivity contribution < 1.29 is 0 Å².